The lowest BCUT2D eigenvalue weighted by molar-refractivity contribution is 0.0193. The summed E-state index contributed by atoms with van der Waals surface area (Å²) in [6, 6.07) is 1.45. The zero-order chi connectivity index (χ0) is 17.0. The van der Waals surface area contributed by atoms with Crippen molar-refractivity contribution in [1.82, 2.24) is 9.80 Å². The van der Waals surface area contributed by atoms with Crippen molar-refractivity contribution < 1.29 is 4.39 Å². The van der Waals surface area contributed by atoms with Crippen LogP contribution in [0, 0.1) is 17.3 Å². The van der Waals surface area contributed by atoms with Gasteiger partial charge in [0, 0.05) is 37.3 Å². The maximum Gasteiger partial charge on any atom is 0.104 e. The molecule has 2 nitrogen and oxygen atoms in total. The molecule has 5 atom stereocenters. The number of alkyl halides is 1. The molecule has 0 aromatic heterocycles. The van der Waals surface area contributed by atoms with Crippen molar-refractivity contribution in [3.05, 3.63) is 0 Å². The van der Waals surface area contributed by atoms with Crippen molar-refractivity contribution >= 4 is 0 Å². The van der Waals surface area contributed by atoms with Gasteiger partial charge in [0.2, 0.25) is 0 Å². The first-order valence-corrected chi connectivity index (χ1v) is 9.70. The molecule has 2 saturated heterocycles. The Morgan fingerprint density at radius 3 is 2.09 bits per heavy atom. The highest BCUT2D eigenvalue weighted by molar-refractivity contribution is 5.03. The van der Waals surface area contributed by atoms with E-state index in [1.165, 1.54) is 25.9 Å². The van der Waals surface area contributed by atoms with Gasteiger partial charge in [-0.15, -0.1) is 0 Å². The Hall–Kier alpha value is -0.150. The normalized spacial score (nSPS) is 40.0. The summed E-state index contributed by atoms with van der Waals surface area (Å²) < 4.78 is 14.6. The molecule has 2 heterocycles. The van der Waals surface area contributed by atoms with E-state index in [0.29, 0.717) is 11.5 Å². The maximum atomic E-state index is 14.6. The van der Waals surface area contributed by atoms with Gasteiger partial charge in [0.05, 0.1) is 0 Å². The monoisotopic (exact) mass is 324 g/mol. The molecule has 3 fully saturated rings. The molecule has 2 aliphatic heterocycles. The number of nitrogens with zero attached hydrogens (tertiary/aromatic N) is 2. The van der Waals surface area contributed by atoms with Gasteiger partial charge in [0.15, 0.2) is 0 Å². The van der Waals surface area contributed by atoms with Crippen LogP contribution >= 0.6 is 0 Å². The number of halogens is 1. The minimum Gasteiger partial charge on any atom is -0.297 e. The van der Waals surface area contributed by atoms with E-state index >= 15 is 0 Å². The molecular formula is C20H37FN2. The average molecular weight is 325 g/mol. The van der Waals surface area contributed by atoms with Crippen LogP contribution in [-0.2, 0) is 0 Å². The van der Waals surface area contributed by atoms with Gasteiger partial charge < -0.3 is 0 Å². The van der Waals surface area contributed by atoms with Crippen LogP contribution in [0.3, 0.4) is 0 Å². The molecule has 1 saturated carbocycles. The summed E-state index contributed by atoms with van der Waals surface area (Å²) in [5.74, 6) is 0.830. The molecule has 0 N–H and O–H groups in total. The molecule has 23 heavy (non-hydrogen) atoms. The molecule has 3 rings (SSSR count). The molecule has 0 radical (unpaired) electrons. The molecule has 0 spiro atoms. The van der Waals surface area contributed by atoms with E-state index in [4.69, 9.17) is 0 Å². The third-order valence-electron chi connectivity index (χ3n) is 6.70. The second kappa shape index (κ2) is 5.98. The first-order chi connectivity index (χ1) is 10.6. The van der Waals surface area contributed by atoms with Crippen LogP contribution in [0.4, 0.5) is 4.39 Å². The average Bonchev–Trinajstić information content (AvgIpc) is 2.96. The summed E-state index contributed by atoms with van der Waals surface area (Å²) >= 11 is 0. The van der Waals surface area contributed by atoms with Gasteiger partial charge in [-0.05, 0) is 63.7 Å². The van der Waals surface area contributed by atoms with Crippen LogP contribution in [0.25, 0.3) is 0 Å². The maximum absolute atomic E-state index is 14.6. The molecule has 0 aromatic carbocycles. The number of likely N-dealkylation sites (tertiary alicyclic amines) is 2. The standard InChI is InChI=1S/C20H37FN2/c1-19(2,3)17-8-7-14(9-18(17)21)11-22-12-16-10-15(22)13-23(16)20(4,5)6/h14-18H,7-13H2,1-6H3/t14?,15-,16-,17?,18?/m1/s1. The van der Waals surface area contributed by atoms with E-state index in [0.717, 1.165) is 31.5 Å². The van der Waals surface area contributed by atoms with Gasteiger partial charge in [0.25, 0.3) is 0 Å². The summed E-state index contributed by atoms with van der Waals surface area (Å²) in [7, 11) is 0. The van der Waals surface area contributed by atoms with E-state index in [1.54, 1.807) is 0 Å². The van der Waals surface area contributed by atoms with E-state index in [1.807, 2.05) is 0 Å². The fourth-order valence-corrected chi connectivity index (χ4v) is 5.46. The minimum absolute atomic E-state index is 0.115. The molecule has 0 amide bonds. The van der Waals surface area contributed by atoms with Gasteiger partial charge in [-0.2, -0.15) is 0 Å². The molecule has 3 unspecified atom stereocenters. The first-order valence-electron chi connectivity index (χ1n) is 9.70. The Balaban J connectivity index is 1.52. The lowest BCUT2D eigenvalue weighted by Gasteiger charge is -2.44. The Labute approximate surface area is 142 Å². The number of hydrogen-bond donors (Lipinski definition) is 0. The number of hydrogen-bond acceptors (Lipinski definition) is 2. The Bertz CT molecular complexity index is 422. The van der Waals surface area contributed by atoms with Gasteiger partial charge in [-0.25, -0.2) is 4.39 Å². The number of rotatable bonds is 2. The van der Waals surface area contributed by atoms with E-state index < -0.39 is 6.17 Å². The third-order valence-corrected chi connectivity index (χ3v) is 6.70. The first kappa shape index (κ1) is 17.7. The van der Waals surface area contributed by atoms with Gasteiger partial charge in [-0.3, -0.25) is 9.80 Å². The smallest absolute Gasteiger partial charge is 0.104 e. The molecule has 3 aliphatic rings. The summed E-state index contributed by atoms with van der Waals surface area (Å²) in [5, 5.41) is 0. The summed E-state index contributed by atoms with van der Waals surface area (Å²) in [5.41, 5.74) is 0.407. The Kier molecular flexibility index (Phi) is 4.59. The highest BCUT2D eigenvalue weighted by Gasteiger charge is 2.47. The van der Waals surface area contributed by atoms with Crippen LogP contribution in [0.2, 0.25) is 0 Å². The van der Waals surface area contributed by atoms with Gasteiger partial charge >= 0.3 is 0 Å². The quantitative estimate of drug-likeness (QED) is 0.745. The second-order valence-corrected chi connectivity index (χ2v) is 10.5. The molecule has 3 heteroatoms. The summed E-state index contributed by atoms with van der Waals surface area (Å²) in [6.45, 7) is 17.2. The van der Waals surface area contributed by atoms with Crippen molar-refractivity contribution in [1.29, 1.82) is 0 Å². The van der Waals surface area contributed by atoms with Crippen LogP contribution < -0.4 is 0 Å². The second-order valence-electron chi connectivity index (χ2n) is 10.5. The van der Waals surface area contributed by atoms with Crippen molar-refractivity contribution in [2.75, 3.05) is 19.6 Å². The molecular weight excluding hydrogens is 287 g/mol. The van der Waals surface area contributed by atoms with Crippen LogP contribution in [0.5, 0.6) is 0 Å². The van der Waals surface area contributed by atoms with Crippen LogP contribution in [-0.4, -0.2) is 53.2 Å². The van der Waals surface area contributed by atoms with Crippen molar-refractivity contribution in [3.8, 4) is 0 Å². The van der Waals surface area contributed by atoms with E-state index in [-0.39, 0.29) is 11.3 Å². The predicted octanol–water partition coefficient (Wildman–Crippen LogP) is 4.34. The highest BCUT2D eigenvalue weighted by atomic mass is 19.1. The number of fused-ring (bicyclic) bond motifs is 2. The van der Waals surface area contributed by atoms with Crippen molar-refractivity contribution in [2.45, 2.75) is 91.0 Å². The fraction of sp³-hybridized carbons (Fsp3) is 1.00. The summed E-state index contributed by atoms with van der Waals surface area (Å²) in [6.07, 6.45) is 3.82. The Morgan fingerprint density at radius 2 is 1.61 bits per heavy atom. The van der Waals surface area contributed by atoms with Crippen LogP contribution in [0.15, 0.2) is 0 Å². The highest BCUT2D eigenvalue weighted by Crippen LogP contribution is 2.43. The SMILES string of the molecule is CC(C)(C)C1CCC(CN2C[C@H]3C[C@@H]2CN3C(C)(C)C)CC1F. The van der Waals surface area contributed by atoms with Gasteiger partial charge in [0.1, 0.15) is 6.17 Å². The minimum atomic E-state index is -0.598. The van der Waals surface area contributed by atoms with Crippen molar-refractivity contribution in [2.24, 2.45) is 17.3 Å². The lowest BCUT2D eigenvalue weighted by Crippen LogP contribution is -2.54. The largest absolute Gasteiger partial charge is 0.297 e. The summed E-state index contributed by atoms with van der Waals surface area (Å²) in [4.78, 5) is 5.37. The molecule has 2 bridgehead atoms. The molecule has 0 aromatic rings. The topological polar surface area (TPSA) is 6.48 Å². The lowest BCUT2D eigenvalue weighted by atomic mass is 9.68. The Morgan fingerprint density at radius 1 is 0.913 bits per heavy atom. The van der Waals surface area contributed by atoms with Crippen molar-refractivity contribution in [3.63, 3.8) is 0 Å². The third kappa shape index (κ3) is 3.61. The fourth-order valence-electron chi connectivity index (χ4n) is 5.46. The zero-order valence-corrected chi connectivity index (χ0v) is 16.1. The van der Waals surface area contributed by atoms with Gasteiger partial charge in [-0.1, -0.05) is 20.8 Å². The molecule has 1 aliphatic carbocycles. The van der Waals surface area contributed by atoms with E-state index in [2.05, 4.69) is 51.3 Å². The number of piperazine rings is 1. The molecule has 134 valence electrons. The van der Waals surface area contributed by atoms with Crippen LogP contribution in [0.1, 0.15) is 67.2 Å². The predicted molar refractivity (Wildman–Crippen MR) is 95.4 cm³/mol. The zero-order valence-electron chi connectivity index (χ0n) is 16.1. The van der Waals surface area contributed by atoms with E-state index in [9.17, 15) is 4.39 Å².